The largest absolute Gasteiger partial charge is 0.493 e. The van der Waals surface area contributed by atoms with Gasteiger partial charge in [0.25, 0.3) is 0 Å². The van der Waals surface area contributed by atoms with Crippen LogP contribution in [0.3, 0.4) is 0 Å². The van der Waals surface area contributed by atoms with Crippen molar-refractivity contribution in [2.45, 2.75) is 44.7 Å². The Morgan fingerprint density at radius 3 is 3.10 bits per heavy atom. The normalized spacial score (nSPS) is 23.7. The summed E-state index contributed by atoms with van der Waals surface area (Å²) in [6.07, 6.45) is 3.75. The van der Waals surface area contributed by atoms with Crippen molar-refractivity contribution in [3.63, 3.8) is 0 Å². The Balaban J connectivity index is 1.72. The maximum Gasteiger partial charge on any atom is 0.240 e. The van der Waals surface area contributed by atoms with Crippen molar-refractivity contribution in [3.05, 3.63) is 27.7 Å². The van der Waals surface area contributed by atoms with Crippen LogP contribution >= 0.6 is 15.9 Å². The van der Waals surface area contributed by atoms with Crippen molar-refractivity contribution in [2.75, 3.05) is 13.2 Å². The summed E-state index contributed by atoms with van der Waals surface area (Å²) in [5, 5.41) is 6.45. The van der Waals surface area contributed by atoms with Crippen molar-refractivity contribution >= 4 is 21.8 Å². The van der Waals surface area contributed by atoms with Gasteiger partial charge in [0, 0.05) is 23.0 Å². The van der Waals surface area contributed by atoms with Crippen LogP contribution in [0, 0.1) is 0 Å². The first-order chi connectivity index (χ1) is 10.1. The van der Waals surface area contributed by atoms with E-state index in [-0.39, 0.29) is 11.4 Å². The number of amides is 1. The van der Waals surface area contributed by atoms with Gasteiger partial charge in [-0.1, -0.05) is 22.9 Å². The lowest BCUT2D eigenvalue weighted by atomic mass is 9.93. The molecule has 2 N–H and O–H groups in total. The number of halogens is 1. The summed E-state index contributed by atoms with van der Waals surface area (Å²) in [6.45, 7) is 4.24. The highest BCUT2D eigenvalue weighted by Gasteiger charge is 2.38. The van der Waals surface area contributed by atoms with Crippen molar-refractivity contribution in [1.82, 2.24) is 10.6 Å². The molecule has 2 aliphatic rings. The molecule has 21 heavy (non-hydrogen) atoms. The van der Waals surface area contributed by atoms with Gasteiger partial charge in [0.15, 0.2) is 0 Å². The summed E-state index contributed by atoms with van der Waals surface area (Å²) in [4.78, 5) is 12.5. The van der Waals surface area contributed by atoms with E-state index in [9.17, 15) is 4.79 Å². The van der Waals surface area contributed by atoms with E-state index in [2.05, 4.69) is 39.6 Å². The molecule has 0 aliphatic carbocycles. The van der Waals surface area contributed by atoms with E-state index in [0.29, 0.717) is 6.54 Å². The molecule has 3 rings (SSSR count). The lowest BCUT2D eigenvalue weighted by Crippen LogP contribution is -2.52. The van der Waals surface area contributed by atoms with E-state index < -0.39 is 0 Å². The number of fused-ring (bicyclic) bond motifs is 1. The van der Waals surface area contributed by atoms with Gasteiger partial charge in [-0.05, 0) is 43.5 Å². The molecule has 2 heterocycles. The van der Waals surface area contributed by atoms with Gasteiger partial charge in [-0.2, -0.15) is 0 Å². The van der Waals surface area contributed by atoms with Crippen LogP contribution < -0.4 is 15.4 Å². The Morgan fingerprint density at radius 2 is 2.38 bits per heavy atom. The fraction of sp³-hybridized carbons (Fsp3) is 0.562. The van der Waals surface area contributed by atoms with Crippen molar-refractivity contribution in [2.24, 2.45) is 0 Å². The molecule has 1 unspecified atom stereocenters. The van der Waals surface area contributed by atoms with E-state index >= 15 is 0 Å². The fourth-order valence-corrected chi connectivity index (χ4v) is 3.84. The summed E-state index contributed by atoms with van der Waals surface area (Å²) < 4.78 is 6.75. The van der Waals surface area contributed by atoms with Crippen molar-refractivity contribution in [3.8, 4) is 5.75 Å². The van der Waals surface area contributed by atoms with E-state index in [0.717, 1.165) is 54.6 Å². The number of hydrogen-bond acceptors (Lipinski definition) is 3. The lowest BCUT2D eigenvalue weighted by Gasteiger charge is -2.26. The monoisotopic (exact) mass is 352 g/mol. The van der Waals surface area contributed by atoms with Crippen LogP contribution in [0.25, 0.3) is 0 Å². The number of benzene rings is 1. The summed E-state index contributed by atoms with van der Waals surface area (Å²) in [5.41, 5.74) is 1.89. The van der Waals surface area contributed by atoms with Crippen molar-refractivity contribution < 1.29 is 9.53 Å². The van der Waals surface area contributed by atoms with Crippen LogP contribution in [0.2, 0.25) is 0 Å². The molecule has 0 bridgehead atoms. The summed E-state index contributed by atoms with van der Waals surface area (Å²) in [5.74, 6) is 1.05. The molecule has 4 nitrogen and oxygen atoms in total. The predicted octanol–water partition coefficient (Wildman–Crippen LogP) is 2.53. The third-order valence-corrected chi connectivity index (χ3v) is 5.00. The SMILES string of the molecule is CCC1(C(=O)NCc2cc(Br)cc3c2OCC3)CCCN1. The Hall–Kier alpha value is -1.07. The van der Waals surface area contributed by atoms with Gasteiger partial charge in [0.1, 0.15) is 5.75 Å². The predicted molar refractivity (Wildman–Crippen MR) is 85.4 cm³/mol. The first-order valence-corrected chi connectivity index (χ1v) is 8.41. The summed E-state index contributed by atoms with van der Waals surface area (Å²) in [7, 11) is 0. The molecule has 114 valence electrons. The lowest BCUT2D eigenvalue weighted by molar-refractivity contribution is -0.127. The third kappa shape index (κ3) is 2.81. The first-order valence-electron chi connectivity index (χ1n) is 7.62. The summed E-state index contributed by atoms with van der Waals surface area (Å²) in [6, 6.07) is 4.13. The minimum atomic E-state index is -0.379. The maximum atomic E-state index is 12.5. The van der Waals surface area contributed by atoms with E-state index in [1.165, 1.54) is 5.56 Å². The number of hydrogen-bond donors (Lipinski definition) is 2. The molecule has 0 aromatic heterocycles. The molecule has 1 atom stereocenters. The molecule has 1 amide bonds. The number of rotatable bonds is 4. The minimum Gasteiger partial charge on any atom is -0.493 e. The smallest absolute Gasteiger partial charge is 0.240 e. The van der Waals surface area contributed by atoms with Gasteiger partial charge >= 0.3 is 0 Å². The standard InChI is InChI=1S/C16H21BrN2O2/c1-2-16(5-3-6-19-16)15(20)18-10-12-9-13(17)8-11-4-7-21-14(11)12/h8-9,19H,2-7,10H2,1H3,(H,18,20). The highest BCUT2D eigenvalue weighted by Crippen LogP contribution is 2.33. The molecule has 0 spiro atoms. The molecule has 0 saturated carbocycles. The van der Waals surface area contributed by atoms with Crippen LogP contribution in [0.4, 0.5) is 0 Å². The van der Waals surface area contributed by atoms with E-state index in [1.807, 2.05) is 6.07 Å². The van der Waals surface area contributed by atoms with Gasteiger partial charge in [-0.3, -0.25) is 4.79 Å². The number of carbonyl (C=O) groups excluding carboxylic acids is 1. The maximum absolute atomic E-state index is 12.5. The molecule has 2 aliphatic heterocycles. The zero-order valence-electron chi connectivity index (χ0n) is 12.3. The molecule has 1 saturated heterocycles. The van der Waals surface area contributed by atoms with Crippen LogP contribution in [0.15, 0.2) is 16.6 Å². The van der Waals surface area contributed by atoms with E-state index in [1.54, 1.807) is 0 Å². The molecule has 1 aromatic rings. The zero-order chi connectivity index (χ0) is 14.9. The Bertz CT molecular complexity index is 553. The van der Waals surface area contributed by atoms with Gasteiger partial charge in [-0.15, -0.1) is 0 Å². The second-order valence-electron chi connectivity index (χ2n) is 5.80. The van der Waals surface area contributed by atoms with Gasteiger partial charge < -0.3 is 15.4 Å². The van der Waals surface area contributed by atoms with Gasteiger partial charge in [0.05, 0.1) is 12.1 Å². The number of ether oxygens (including phenoxy) is 1. The third-order valence-electron chi connectivity index (χ3n) is 4.55. The Labute approximate surface area is 133 Å². The average Bonchev–Trinajstić information content (AvgIpc) is 3.13. The molecule has 1 fully saturated rings. The van der Waals surface area contributed by atoms with Gasteiger partial charge in [-0.25, -0.2) is 0 Å². The van der Waals surface area contributed by atoms with Crippen LogP contribution in [-0.4, -0.2) is 24.6 Å². The molecule has 5 heteroatoms. The average molecular weight is 353 g/mol. The molecule has 1 aromatic carbocycles. The number of nitrogens with one attached hydrogen (secondary N) is 2. The molecule has 0 radical (unpaired) electrons. The summed E-state index contributed by atoms with van der Waals surface area (Å²) >= 11 is 3.53. The topological polar surface area (TPSA) is 50.4 Å². The quantitative estimate of drug-likeness (QED) is 0.875. The van der Waals surface area contributed by atoms with Gasteiger partial charge in [0.2, 0.25) is 5.91 Å². The minimum absolute atomic E-state index is 0.106. The highest BCUT2D eigenvalue weighted by molar-refractivity contribution is 9.10. The Kier molecular flexibility index (Phi) is 4.22. The number of carbonyl (C=O) groups is 1. The van der Waals surface area contributed by atoms with Crippen LogP contribution in [0.1, 0.15) is 37.3 Å². The first kappa shape index (κ1) is 14.9. The second kappa shape index (κ2) is 5.97. The molecular formula is C16H21BrN2O2. The zero-order valence-corrected chi connectivity index (χ0v) is 13.9. The van der Waals surface area contributed by atoms with Crippen molar-refractivity contribution in [1.29, 1.82) is 0 Å². The van der Waals surface area contributed by atoms with Crippen LogP contribution in [-0.2, 0) is 17.8 Å². The molecular weight excluding hydrogens is 332 g/mol. The highest BCUT2D eigenvalue weighted by atomic mass is 79.9. The fourth-order valence-electron chi connectivity index (χ4n) is 3.28. The van der Waals surface area contributed by atoms with Crippen LogP contribution in [0.5, 0.6) is 5.75 Å². The second-order valence-corrected chi connectivity index (χ2v) is 6.72. The van der Waals surface area contributed by atoms with E-state index in [4.69, 9.17) is 4.74 Å². The Morgan fingerprint density at radius 1 is 1.52 bits per heavy atom.